The third-order valence-corrected chi connectivity index (χ3v) is 3.42. The third kappa shape index (κ3) is 3.45. The van der Waals surface area contributed by atoms with Crippen LogP contribution in [0.25, 0.3) is 10.9 Å². The number of hydrogen-bond donors (Lipinski definition) is 1. The lowest BCUT2D eigenvalue weighted by molar-refractivity contribution is -0.114. The lowest BCUT2D eigenvalue weighted by Gasteiger charge is -2.09. The van der Waals surface area contributed by atoms with Crippen LogP contribution in [-0.2, 0) is 14.9 Å². The Morgan fingerprint density at radius 1 is 1.23 bits per heavy atom. The molecule has 1 heterocycles. The Kier molecular flexibility index (Phi) is 3.96. The molecule has 0 fully saturated rings. The van der Waals surface area contributed by atoms with Crippen LogP contribution in [-0.4, -0.2) is 24.8 Å². The largest absolute Gasteiger partial charge is 0.534 e. The van der Waals surface area contributed by atoms with Gasteiger partial charge in [-0.05, 0) is 24.3 Å². The number of nitrogens with zero attached hydrogens (tertiary/aromatic N) is 1. The molecule has 0 spiro atoms. The molecule has 22 heavy (non-hydrogen) atoms. The molecular weight excluding hydrogens is 325 g/mol. The summed E-state index contributed by atoms with van der Waals surface area (Å²) in [6.07, 6.45) is 0. The Hall–Kier alpha value is -2.36. The fourth-order valence-corrected chi connectivity index (χ4v) is 2.01. The number of hydrogen-bond acceptors (Lipinski definition) is 5. The smallest absolute Gasteiger partial charge is 0.355 e. The monoisotopic (exact) mass is 334 g/mol. The molecule has 1 N–H and O–H groups in total. The number of alkyl halides is 3. The molecule has 0 saturated heterocycles. The zero-order valence-electron chi connectivity index (χ0n) is 11.0. The lowest BCUT2D eigenvalue weighted by Crippen LogP contribution is -2.28. The van der Waals surface area contributed by atoms with Gasteiger partial charge in [-0.1, -0.05) is 0 Å². The van der Waals surface area contributed by atoms with Gasteiger partial charge in [-0.2, -0.15) is 21.6 Å². The van der Waals surface area contributed by atoms with Gasteiger partial charge in [0.15, 0.2) is 0 Å². The molecule has 6 nitrogen and oxygen atoms in total. The van der Waals surface area contributed by atoms with E-state index in [0.29, 0.717) is 11.1 Å². The molecule has 0 aliphatic heterocycles. The maximum absolute atomic E-state index is 12.2. The number of amides is 1. The van der Waals surface area contributed by atoms with Gasteiger partial charge < -0.3 is 9.50 Å². The van der Waals surface area contributed by atoms with Gasteiger partial charge in [0.1, 0.15) is 0 Å². The summed E-state index contributed by atoms with van der Waals surface area (Å²) >= 11 is 0. The quantitative estimate of drug-likeness (QED) is 0.688. The molecule has 2 aromatic rings. The molecule has 0 bridgehead atoms. The summed E-state index contributed by atoms with van der Waals surface area (Å²) < 4.78 is 62.4. The average molecular weight is 334 g/mol. The van der Waals surface area contributed by atoms with Crippen molar-refractivity contribution in [1.29, 1.82) is 0 Å². The molecular formula is C12H9F3N2O4S. The normalized spacial score (nSPS) is 12.2. The summed E-state index contributed by atoms with van der Waals surface area (Å²) in [6.45, 7) is 1.32. The van der Waals surface area contributed by atoms with Crippen LogP contribution in [0.1, 0.15) is 6.92 Å². The summed E-state index contributed by atoms with van der Waals surface area (Å²) in [4.78, 5) is 14.6. The van der Waals surface area contributed by atoms with Crippen LogP contribution in [0.15, 0.2) is 30.3 Å². The van der Waals surface area contributed by atoms with Crippen molar-refractivity contribution in [2.75, 3.05) is 5.32 Å². The van der Waals surface area contributed by atoms with Crippen molar-refractivity contribution in [3.05, 3.63) is 30.3 Å². The van der Waals surface area contributed by atoms with Crippen LogP contribution in [0.3, 0.4) is 0 Å². The molecule has 0 atom stereocenters. The highest BCUT2D eigenvalue weighted by molar-refractivity contribution is 7.87. The van der Waals surface area contributed by atoms with Crippen molar-refractivity contribution in [2.24, 2.45) is 0 Å². The predicted octanol–water partition coefficient (Wildman–Crippen LogP) is 2.42. The van der Waals surface area contributed by atoms with E-state index in [4.69, 9.17) is 0 Å². The van der Waals surface area contributed by atoms with Gasteiger partial charge in [-0.3, -0.25) is 4.79 Å². The third-order valence-electron chi connectivity index (χ3n) is 2.46. The first-order valence-electron chi connectivity index (χ1n) is 5.78. The highest BCUT2D eigenvalue weighted by atomic mass is 32.2. The standard InChI is InChI=1S/C12H9F3N2O4S/c1-7(18)16-9-3-4-10-8(6-9)2-5-11(17-10)21-22(19,20)12(13,14)15/h2-6H,1H3,(H,16,18). The van der Waals surface area contributed by atoms with E-state index in [-0.39, 0.29) is 11.4 Å². The molecule has 10 heteroatoms. The Morgan fingerprint density at radius 2 is 1.91 bits per heavy atom. The predicted molar refractivity (Wildman–Crippen MR) is 71.6 cm³/mol. The second kappa shape index (κ2) is 5.44. The maximum atomic E-state index is 12.2. The van der Waals surface area contributed by atoms with E-state index in [9.17, 15) is 26.4 Å². The van der Waals surface area contributed by atoms with E-state index in [1.54, 1.807) is 0 Å². The van der Waals surface area contributed by atoms with Gasteiger partial charge in [-0.25, -0.2) is 4.98 Å². The number of pyridine rings is 1. The van der Waals surface area contributed by atoms with Gasteiger partial charge >= 0.3 is 15.6 Å². The zero-order valence-corrected chi connectivity index (χ0v) is 11.8. The molecule has 0 saturated carbocycles. The maximum Gasteiger partial charge on any atom is 0.534 e. The van der Waals surface area contributed by atoms with Crippen molar-refractivity contribution < 1.29 is 30.6 Å². The Labute approximate surface area is 123 Å². The highest BCUT2D eigenvalue weighted by Gasteiger charge is 2.48. The minimum Gasteiger partial charge on any atom is -0.355 e. The van der Waals surface area contributed by atoms with Gasteiger partial charge in [0, 0.05) is 24.1 Å². The lowest BCUT2D eigenvalue weighted by atomic mass is 10.2. The van der Waals surface area contributed by atoms with Crippen LogP contribution < -0.4 is 9.50 Å². The van der Waals surface area contributed by atoms with Crippen LogP contribution in [0.2, 0.25) is 0 Å². The minimum atomic E-state index is -5.76. The summed E-state index contributed by atoms with van der Waals surface area (Å²) in [5.41, 5.74) is -4.85. The summed E-state index contributed by atoms with van der Waals surface area (Å²) in [5, 5.41) is 3.02. The van der Waals surface area contributed by atoms with Crippen LogP contribution in [0.5, 0.6) is 5.88 Å². The molecule has 1 aromatic carbocycles. The van der Waals surface area contributed by atoms with E-state index in [2.05, 4.69) is 14.5 Å². The Bertz CT molecular complexity index is 834. The summed E-state index contributed by atoms with van der Waals surface area (Å²) in [7, 11) is -5.76. The number of carbonyl (C=O) groups excluding carboxylic acids is 1. The van der Waals surface area contributed by atoms with Crippen LogP contribution in [0, 0.1) is 0 Å². The van der Waals surface area contributed by atoms with Gasteiger partial charge in [0.25, 0.3) is 0 Å². The number of halogens is 3. The van der Waals surface area contributed by atoms with E-state index in [1.807, 2.05) is 0 Å². The van der Waals surface area contributed by atoms with E-state index in [0.717, 1.165) is 6.07 Å². The molecule has 0 aliphatic rings. The summed E-state index contributed by atoms with van der Waals surface area (Å²) in [6, 6.07) is 6.73. The first-order chi connectivity index (χ1) is 10.1. The number of rotatable bonds is 3. The average Bonchev–Trinajstić information content (AvgIpc) is 2.36. The number of nitrogens with one attached hydrogen (secondary N) is 1. The van der Waals surface area contributed by atoms with Gasteiger partial charge in [0.2, 0.25) is 11.8 Å². The fraction of sp³-hybridized carbons (Fsp3) is 0.167. The Morgan fingerprint density at radius 3 is 2.50 bits per heavy atom. The van der Waals surface area contributed by atoms with Crippen molar-refractivity contribution in [2.45, 2.75) is 12.4 Å². The number of fused-ring (bicyclic) bond motifs is 1. The first kappa shape index (κ1) is 16.0. The minimum absolute atomic E-state index is 0.212. The van der Waals surface area contributed by atoms with E-state index >= 15 is 0 Å². The number of carbonyl (C=O) groups is 1. The molecule has 2 rings (SSSR count). The molecule has 118 valence electrons. The van der Waals surface area contributed by atoms with Crippen molar-refractivity contribution in [3.8, 4) is 5.88 Å². The second-order valence-corrected chi connectivity index (χ2v) is 5.76. The molecule has 1 aromatic heterocycles. The van der Waals surface area contributed by atoms with E-state index in [1.165, 1.54) is 31.2 Å². The molecule has 1 amide bonds. The molecule has 0 aliphatic carbocycles. The Balaban J connectivity index is 2.34. The first-order valence-corrected chi connectivity index (χ1v) is 7.18. The van der Waals surface area contributed by atoms with Gasteiger partial charge in [-0.15, -0.1) is 0 Å². The molecule has 0 unspecified atom stereocenters. The summed E-state index contributed by atoms with van der Waals surface area (Å²) in [5.74, 6) is -0.986. The van der Waals surface area contributed by atoms with Crippen LogP contribution in [0.4, 0.5) is 18.9 Å². The highest BCUT2D eigenvalue weighted by Crippen LogP contribution is 2.27. The zero-order chi connectivity index (χ0) is 16.5. The van der Waals surface area contributed by atoms with Crippen LogP contribution >= 0.6 is 0 Å². The topological polar surface area (TPSA) is 85.4 Å². The SMILES string of the molecule is CC(=O)Nc1ccc2nc(OS(=O)(=O)C(F)(F)F)ccc2c1. The van der Waals surface area contributed by atoms with Crippen molar-refractivity contribution >= 4 is 32.6 Å². The number of aromatic nitrogens is 1. The van der Waals surface area contributed by atoms with E-state index < -0.39 is 21.5 Å². The van der Waals surface area contributed by atoms with Crippen molar-refractivity contribution in [1.82, 2.24) is 4.98 Å². The molecule has 0 radical (unpaired) electrons. The van der Waals surface area contributed by atoms with Gasteiger partial charge in [0.05, 0.1) is 5.52 Å². The number of benzene rings is 1. The van der Waals surface area contributed by atoms with Crippen molar-refractivity contribution in [3.63, 3.8) is 0 Å². The number of anilines is 1. The fourth-order valence-electron chi connectivity index (χ4n) is 1.59. The second-order valence-electron chi connectivity index (χ2n) is 4.22.